The van der Waals surface area contributed by atoms with Crippen LogP contribution in [0.5, 0.6) is 0 Å². The fourth-order valence-electron chi connectivity index (χ4n) is 2.68. The quantitative estimate of drug-likeness (QED) is 0.800. The normalized spacial score (nSPS) is 17.7. The molecule has 116 valence electrons. The van der Waals surface area contributed by atoms with E-state index in [0.29, 0.717) is 31.1 Å². The van der Waals surface area contributed by atoms with Crippen molar-refractivity contribution in [2.45, 2.75) is 26.0 Å². The molecule has 5 nitrogen and oxygen atoms in total. The average Bonchev–Trinajstić information content (AvgIpc) is 2.74. The van der Waals surface area contributed by atoms with E-state index in [1.165, 1.54) is 19.2 Å². The van der Waals surface area contributed by atoms with E-state index >= 15 is 0 Å². The summed E-state index contributed by atoms with van der Waals surface area (Å²) >= 11 is 0. The van der Waals surface area contributed by atoms with Crippen LogP contribution in [0.2, 0.25) is 0 Å². The van der Waals surface area contributed by atoms with Gasteiger partial charge in [0.05, 0.1) is 32.1 Å². The standard InChI is InChI=1S/C16H17FN2O3/c1-10-9-19-13(7-8-22-10)14(16(20)21-2)18-15(19)11-3-5-12(17)6-4-11/h3-6,10H,7-9H2,1-2H3. The van der Waals surface area contributed by atoms with Crippen molar-refractivity contribution in [2.75, 3.05) is 13.7 Å². The Hall–Kier alpha value is -2.21. The molecule has 1 aliphatic heterocycles. The van der Waals surface area contributed by atoms with E-state index < -0.39 is 5.97 Å². The Morgan fingerprint density at radius 3 is 2.82 bits per heavy atom. The summed E-state index contributed by atoms with van der Waals surface area (Å²) in [5.41, 5.74) is 1.86. The lowest BCUT2D eigenvalue weighted by molar-refractivity contribution is 0.0591. The molecular weight excluding hydrogens is 287 g/mol. The van der Waals surface area contributed by atoms with Crippen molar-refractivity contribution in [3.8, 4) is 11.4 Å². The van der Waals surface area contributed by atoms with Crippen molar-refractivity contribution in [2.24, 2.45) is 0 Å². The van der Waals surface area contributed by atoms with Crippen LogP contribution in [-0.2, 0) is 22.4 Å². The first kappa shape index (κ1) is 14.7. The molecule has 6 heteroatoms. The largest absolute Gasteiger partial charge is 0.464 e. The van der Waals surface area contributed by atoms with Crippen molar-refractivity contribution in [3.63, 3.8) is 0 Å². The molecule has 0 saturated carbocycles. The summed E-state index contributed by atoms with van der Waals surface area (Å²) in [6.07, 6.45) is 0.600. The van der Waals surface area contributed by atoms with Gasteiger partial charge in [-0.15, -0.1) is 0 Å². The fraction of sp³-hybridized carbons (Fsp3) is 0.375. The Bertz CT molecular complexity index is 694. The van der Waals surface area contributed by atoms with Gasteiger partial charge in [0.25, 0.3) is 0 Å². The molecule has 1 atom stereocenters. The number of halogens is 1. The third-order valence-electron chi connectivity index (χ3n) is 3.73. The van der Waals surface area contributed by atoms with Crippen molar-refractivity contribution in [3.05, 3.63) is 41.5 Å². The first-order valence-electron chi connectivity index (χ1n) is 7.15. The molecule has 0 radical (unpaired) electrons. The van der Waals surface area contributed by atoms with E-state index in [4.69, 9.17) is 9.47 Å². The molecule has 0 bridgehead atoms. The summed E-state index contributed by atoms with van der Waals surface area (Å²) in [6.45, 7) is 3.09. The summed E-state index contributed by atoms with van der Waals surface area (Å²) in [5.74, 6) is -0.143. The molecule has 0 amide bonds. The number of methoxy groups -OCH3 is 1. The van der Waals surface area contributed by atoms with Gasteiger partial charge in [0, 0.05) is 12.0 Å². The molecule has 1 unspecified atom stereocenters. The van der Waals surface area contributed by atoms with Gasteiger partial charge in [-0.1, -0.05) is 0 Å². The lowest BCUT2D eigenvalue weighted by atomic mass is 10.2. The van der Waals surface area contributed by atoms with Gasteiger partial charge in [-0.3, -0.25) is 0 Å². The Morgan fingerprint density at radius 2 is 2.14 bits per heavy atom. The summed E-state index contributed by atoms with van der Waals surface area (Å²) in [4.78, 5) is 16.4. The van der Waals surface area contributed by atoms with Crippen LogP contribution < -0.4 is 0 Å². The van der Waals surface area contributed by atoms with Crippen molar-refractivity contribution < 1.29 is 18.7 Å². The molecule has 1 aromatic carbocycles. The van der Waals surface area contributed by atoms with E-state index in [1.807, 2.05) is 11.5 Å². The predicted molar refractivity (Wildman–Crippen MR) is 78.1 cm³/mol. The number of hydrogen-bond acceptors (Lipinski definition) is 4. The van der Waals surface area contributed by atoms with Gasteiger partial charge in [-0.25, -0.2) is 14.2 Å². The Labute approximate surface area is 127 Å². The topological polar surface area (TPSA) is 53.3 Å². The number of aromatic nitrogens is 2. The molecule has 0 aliphatic carbocycles. The first-order chi connectivity index (χ1) is 10.6. The maximum Gasteiger partial charge on any atom is 0.358 e. The van der Waals surface area contributed by atoms with Gasteiger partial charge >= 0.3 is 5.97 Å². The molecule has 0 N–H and O–H groups in total. The van der Waals surface area contributed by atoms with E-state index in [2.05, 4.69) is 4.98 Å². The van der Waals surface area contributed by atoms with Gasteiger partial charge in [0.2, 0.25) is 0 Å². The summed E-state index contributed by atoms with van der Waals surface area (Å²) in [6, 6.07) is 6.07. The Balaban J connectivity index is 2.15. The minimum absolute atomic E-state index is 0.0140. The number of hydrogen-bond donors (Lipinski definition) is 0. The summed E-state index contributed by atoms with van der Waals surface area (Å²) in [7, 11) is 1.33. The lowest BCUT2D eigenvalue weighted by Gasteiger charge is -2.12. The van der Waals surface area contributed by atoms with Gasteiger partial charge in [0.1, 0.15) is 11.6 Å². The monoisotopic (exact) mass is 304 g/mol. The number of benzene rings is 1. The number of nitrogens with zero attached hydrogens (tertiary/aromatic N) is 2. The van der Waals surface area contributed by atoms with Crippen molar-refractivity contribution >= 4 is 5.97 Å². The fourth-order valence-corrected chi connectivity index (χ4v) is 2.68. The molecule has 0 fully saturated rings. The highest BCUT2D eigenvalue weighted by atomic mass is 19.1. The molecule has 22 heavy (non-hydrogen) atoms. The second-order valence-corrected chi connectivity index (χ2v) is 5.27. The third-order valence-corrected chi connectivity index (χ3v) is 3.73. The van der Waals surface area contributed by atoms with Crippen LogP contribution in [0.25, 0.3) is 11.4 Å². The number of carbonyl (C=O) groups is 1. The van der Waals surface area contributed by atoms with E-state index in [-0.39, 0.29) is 11.9 Å². The third kappa shape index (κ3) is 2.62. The lowest BCUT2D eigenvalue weighted by Crippen LogP contribution is -2.15. The highest BCUT2D eigenvalue weighted by Crippen LogP contribution is 2.26. The minimum atomic E-state index is -0.466. The molecule has 0 saturated heterocycles. The number of ether oxygens (including phenoxy) is 2. The molecule has 1 aromatic heterocycles. The molecule has 3 rings (SSSR count). The number of fused-ring (bicyclic) bond motifs is 1. The van der Waals surface area contributed by atoms with Gasteiger partial charge in [0.15, 0.2) is 5.69 Å². The maximum absolute atomic E-state index is 13.1. The molecule has 0 spiro atoms. The molecule has 2 aromatic rings. The van der Waals surface area contributed by atoms with E-state index in [1.54, 1.807) is 12.1 Å². The van der Waals surface area contributed by atoms with Crippen LogP contribution in [0.15, 0.2) is 24.3 Å². The van der Waals surface area contributed by atoms with Crippen LogP contribution in [0, 0.1) is 5.82 Å². The van der Waals surface area contributed by atoms with E-state index in [9.17, 15) is 9.18 Å². The van der Waals surface area contributed by atoms with Crippen LogP contribution in [0.4, 0.5) is 4.39 Å². The molecular formula is C16H17FN2O3. The smallest absolute Gasteiger partial charge is 0.358 e. The van der Waals surface area contributed by atoms with Gasteiger partial charge in [-0.2, -0.15) is 0 Å². The van der Waals surface area contributed by atoms with Crippen molar-refractivity contribution in [1.82, 2.24) is 9.55 Å². The van der Waals surface area contributed by atoms with Crippen LogP contribution >= 0.6 is 0 Å². The van der Waals surface area contributed by atoms with Crippen LogP contribution in [0.1, 0.15) is 23.1 Å². The zero-order valence-electron chi connectivity index (χ0n) is 12.5. The molecule has 2 heterocycles. The number of imidazole rings is 1. The van der Waals surface area contributed by atoms with Crippen LogP contribution in [0.3, 0.4) is 0 Å². The highest BCUT2D eigenvalue weighted by Gasteiger charge is 2.26. The Kier molecular flexibility index (Phi) is 3.94. The summed E-state index contributed by atoms with van der Waals surface area (Å²) in [5, 5.41) is 0. The predicted octanol–water partition coefficient (Wildman–Crippen LogP) is 2.44. The zero-order valence-corrected chi connectivity index (χ0v) is 12.5. The second-order valence-electron chi connectivity index (χ2n) is 5.27. The van der Waals surface area contributed by atoms with Gasteiger partial charge in [-0.05, 0) is 31.2 Å². The second kappa shape index (κ2) is 5.88. The first-order valence-corrected chi connectivity index (χ1v) is 7.15. The average molecular weight is 304 g/mol. The number of esters is 1. The number of carbonyl (C=O) groups excluding carboxylic acids is 1. The maximum atomic E-state index is 13.1. The zero-order chi connectivity index (χ0) is 15.7. The SMILES string of the molecule is COC(=O)c1nc(-c2ccc(F)cc2)n2c1CCOC(C)C2. The number of rotatable bonds is 2. The minimum Gasteiger partial charge on any atom is -0.464 e. The highest BCUT2D eigenvalue weighted by molar-refractivity contribution is 5.89. The van der Waals surface area contributed by atoms with Gasteiger partial charge < -0.3 is 14.0 Å². The summed E-state index contributed by atoms with van der Waals surface area (Å²) < 4.78 is 25.6. The van der Waals surface area contributed by atoms with Crippen LogP contribution in [-0.4, -0.2) is 35.3 Å². The Morgan fingerprint density at radius 1 is 1.41 bits per heavy atom. The van der Waals surface area contributed by atoms with E-state index in [0.717, 1.165) is 11.3 Å². The van der Waals surface area contributed by atoms with Crippen molar-refractivity contribution in [1.29, 1.82) is 0 Å². The molecule has 1 aliphatic rings.